The smallest absolute Gasteiger partial charge is 0.434 e. The third-order valence-corrected chi connectivity index (χ3v) is 0.987. The van der Waals surface area contributed by atoms with Crippen molar-refractivity contribution in [1.82, 2.24) is 5.06 Å². The van der Waals surface area contributed by atoms with Crippen LogP contribution in [0.1, 0.15) is 20.8 Å². The Balaban J connectivity index is 3.89. The first-order valence-electron chi connectivity index (χ1n) is 3.90. The molecule has 0 spiro atoms. The van der Waals surface area contributed by atoms with Crippen molar-refractivity contribution in [1.29, 1.82) is 0 Å². The van der Waals surface area contributed by atoms with Gasteiger partial charge in [0.25, 0.3) is 0 Å². The standard InChI is InChI=1S/C8H15NO4/c1-8(2,3)13-7(11)9(4)12-6-5-10/h5H,6H2,1-4H3. The van der Waals surface area contributed by atoms with Crippen molar-refractivity contribution in [2.45, 2.75) is 26.4 Å². The van der Waals surface area contributed by atoms with Crippen molar-refractivity contribution in [2.75, 3.05) is 13.7 Å². The maximum absolute atomic E-state index is 11.1. The summed E-state index contributed by atoms with van der Waals surface area (Å²) in [5, 5.41) is 0.889. The largest absolute Gasteiger partial charge is 0.442 e. The van der Waals surface area contributed by atoms with Gasteiger partial charge in [0.05, 0.1) is 0 Å². The summed E-state index contributed by atoms with van der Waals surface area (Å²) < 4.78 is 4.94. The number of carbonyl (C=O) groups excluding carboxylic acids is 2. The quantitative estimate of drug-likeness (QED) is 0.490. The van der Waals surface area contributed by atoms with Crippen molar-refractivity contribution in [2.24, 2.45) is 0 Å². The minimum atomic E-state index is -0.616. The molecule has 0 rings (SSSR count). The predicted octanol–water partition coefficient (Wildman–Crippen LogP) is 0.984. The molecule has 13 heavy (non-hydrogen) atoms. The van der Waals surface area contributed by atoms with E-state index in [0.717, 1.165) is 5.06 Å². The molecular formula is C8H15NO4. The van der Waals surface area contributed by atoms with E-state index in [1.54, 1.807) is 20.8 Å². The average Bonchev–Trinajstić information content (AvgIpc) is 1.96. The highest BCUT2D eigenvalue weighted by atomic mass is 16.7. The summed E-state index contributed by atoms with van der Waals surface area (Å²) in [6, 6.07) is 0. The maximum atomic E-state index is 11.1. The number of aldehydes is 1. The fourth-order valence-electron chi connectivity index (χ4n) is 0.521. The van der Waals surface area contributed by atoms with Crippen molar-refractivity contribution in [3.63, 3.8) is 0 Å². The van der Waals surface area contributed by atoms with E-state index in [2.05, 4.69) is 4.84 Å². The molecule has 0 aliphatic carbocycles. The molecule has 0 saturated heterocycles. The van der Waals surface area contributed by atoms with Crippen LogP contribution in [-0.4, -0.2) is 36.7 Å². The second-order valence-electron chi connectivity index (χ2n) is 3.44. The first-order valence-corrected chi connectivity index (χ1v) is 3.90. The normalized spacial score (nSPS) is 10.8. The summed E-state index contributed by atoms with van der Waals surface area (Å²) in [6.45, 7) is 5.09. The van der Waals surface area contributed by atoms with Gasteiger partial charge >= 0.3 is 6.09 Å². The number of amides is 1. The van der Waals surface area contributed by atoms with E-state index >= 15 is 0 Å². The Bertz CT molecular complexity index is 185. The number of hydroxylamine groups is 2. The monoisotopic (exact) mass is 189 g/mol. The lowest BCUT2D eigenvalue weighted by atomic mass is 10.2. The molecule has 0 aromatic heterocycles. The predicted molar refractivity (Wildman–Crippen MR) is 46.0 cm³/mol. The highest BCUT2D eigenvalue weighted by Gasteiger charge is 2.19. The van der Waals surface area contributed by atoms with Gasteiger partial charge in [-0.25, -0.2) is 4.79 Å². The summed E-state index contributed by atoms with van der Waals surface area (Å²) in [6.07, 6.45) is -0.0599. The van der Waals surface area contributed by atoms with Crippen LogP contribution in [0.15, 0.2) is 0 Å². The van der Waals surface area contributed by atoms with E-state index in [0.29, 0.717) is 6.29 Å². The summed E-state index contributed by atoms with van der Waals surface area (Å²) in [4.78, 5) is 25.7. The van der Waals surface area contributed by atoms with Crippen molar-refractivity contribution < 1.29 is 19.2 Å². The molecule has 0 aliphatic heterocycles. The van der Waals surface area contributed by atoms with E-state index in [4.69, 9.17) is 4.74 Å². The zero-order valence-corrected chi connectivity index (χ0v) is 8.36. The highest BCUT2D eigenvalue weighted by Crippen LogP contribution is 2.08. The molecule has 0 N–H and O–H groups in total. The molecule has 0 radical (unpaired) electrons. The third-order valence-electron chi connectivity index (χ3n) is 0.987. The zero-order valence-electron chi connectivity index (χ0n) is 8.36. The van der Waals surface area contributed by atoms with Gasteiger partial charge in [-0.2, -0.15) is 5.06 Å². The molecule has 0 aromatic carbocycles. The molecule has 5 nitrogen and oxygen atoms in total. The van der Waals surface area contributed by atoms with Crippen LogP contribution < -0.4 is 0 Å². The molecule has 5 heteroatoms. The van der Waals surface area contributed by atoms with Gasteiger partial charge in [-0.05, 0) is 20.8 Å². The van der Waals surface area contributed by atoms with Crippen LogP contribution in [0.3, 0.4) is 0 Å². The Morgan fingerprint density at radius 2 is 2.00 bits per heavy atom. The minimum absolute atomic E-state index is 0.157. The van der Waals surface area contributed by atoms with E-state index in [1.165, 1.54) is 7.05 Å². The van der Waals surface area contributed by atoms with E-state index < -0.39 is 11.7 Å². The van der Waals surface area contributed by atoms with Crippen LogP contribution in [0.4, 0.5) is 4.79 Å². The minimum Gasteiger partial charge on any atom is -0.442 e. The third kappa shape index (κ3) is 6.10. The second kappa shape index (κ2) is 4.81. The van der Waals surface area contributed by atoms with Crippen LogP contribution in [0.2, 0.25) is 0 Å². The fourth-order valence-corrected chi connectivity index (χ4v) is 0.521. The molecule has 0 fully saturated rings. The van der Waals surface area contributed by atoms with Gasteiger partial charge in [-0.15, -0.1) is 0 Å². The van der Waals surface area contributed by atoms with E-state index in [-0.39, 0.29) is 6.61 Å². The van der Waals surface area contributed by atoms with Gasteiger partial charge in [0.1, 0.15) is 18.5 Å². The highest BCUT2D eigenvalue weighted by molar-refractivity contribution is 5.66. The molecule has 0 unspecified atom stereocenters. The lowest BCUT2D eigenvalue weighted by Crippen LogP contribution is -2.34. The Morgan fingerprint density at radius 1 is 1.46 bits per heavy atom. The number of rotatable bonds is 3. The molecule has 0 atom stereocenters. The van der Waals surface area contributed by atoms with Gasteiger partial charge in [0, 0.05) is 7.05 Å². The molecule has 0 saturated carbocycles. The van der Waals surface area contributed by atoms with E-state index in [1.807, 2.05) is 0 Å². The Hall–Kier alpha value is -1.10. The fraction of sp³-hybridized carbons (Fsp3) is 0.750. The van der Waals surface area contributed by atoms with Crippen LogP contribution >= 0.6 is 0 Å². The SMILES string of the molecule is CN(OCC=O)C(=O)OC(C)(C)C. The molecule has 76 valence electrons. The molecule has 0 aromatic rings. The lowest BCUT2D eigenvalue weighted by molar-refractivity contribution is -0.142. The summed E-state index contributed by atoms with van der Waals surface area (Å²) in [5.41, 5.74) is -0.560. The maximum Gasteiger partial charge on any atom is 0.434 e. The summed E-state index contributed by atoms with van der Waals surface area (Å²) >= 11 is 0. The number of carbonyl (C=O) groups is 2. The first kappa shape index (κ1) is 11.9. The van der Waals surface area contributed by atoms with Crippen LogP contribution in [-0.2, 0) is 14.4 Å². The number of hydrogen-bond donors (Lipinski definition) is 0. The topological polar surface area (TPSA) is 55.8 Å². The Kier molecular flexibility index (Phi) is 4.40. The zero-order chi connectivity index (χ0) is 10.5. The summed E-state index contributed by atoms with van der Waals surface area (Å²) in [5.74, 6) is 0. The molecule has 1 amide bonds. The van der Waals surface area contributed by atoms with Gasteiger partial charge in [-0.1, -0.05) is 0 Å². The molecular weight excluding hydrogens is 174 g/mol. The van der Waals surface area contributed by atoms with Crippen LogP contribution in [0.25, 0.3) is 0 Å². The van der Waals surface area contributed by atoms with Gasteiger partial charge in [0.15, 0.2) is 0 Å². The van der Waals surface area contributed by atoms with E-state index in [9.17, 15) is 9.59 Å². The van der Waals surface area contributed by atoms with Gasteiger partial charge in [0.2, 0.25) is 0 Å². The Morgan fingerprint density at radius 3 is 2.38 bits per heavy atom. The van der Waals surface area contributed by atoms with Crippen LogP contribution in [0.5, 0.6) is 0 Å². The number of nitrogens with zero attached hydrogens (tertiary/aromatic N) is 1. The van der Waals surface area contributed by atoms with Crippen LogP contribution in [0, 0.1) is 0 Å². The lowest BCUT2D eigenvalue weighted by Gasteiger charge is -2.23. The molecule has 0 bridgehead atoms. The Labute approximate surface area is 77.6 Å². The second-order valence-corrected chi connectivity index (χ2v) is 3.44. The number of ether oxygens (including phenoxy) is 1. The van der Waals surface area contributed by atoms with Gasteiger partial charge < -0.3 is 9.53 Å². The summed E-state index contributed by atoms with van der Waals surface area (Å²) in [7, 11) is 1.39. The molecule has 0 aliphatic rings. The van der Waals surface area contributed by atoms with Crippen molar-refractivity contribution >= 4 is 12.4 Å². The van der Waals surface area contributed by atoms with Gasteiger partial charge in [-0.3, -0.25) is 4.84 Å². The van der Waals surface area contributed by atoms with Crippen molar-refractivity contribution in [3.05, 3.63) is 0 Å². The number of hydrogen-bond acceptors (Lipinski definition) is 4. The van der Waals surface area contributed by atoms with Crippen molar-refractivity contribution in [3.8, 4) is 0 Å². The molecule has 0 heterocycles. The average molecular weight is 189 g/mol. The first-order chi connectivity index (χ1) is 5.87.